The summed E-state index contributed by atoms with van der Waals surface area (Å²) in [6.45, 7) is -0.182. The number of carbonyl (C=O) groups is 3. The summed E-state index contributed by atoms with van der Waals surface area (Å²) in [6.07, 6.45) is 1.64. The van der Waals surface area contributed by atoms with Crippen molar-refractivity contribution >= 4 is 17.7 Å². The third kappa shape index (κ3) is 1.66. The van der Waals surface area contributed by atoms with Crippen LogP contribution >= 0.6 is 0 Å². The quantitative estimate of drug-likeness (QED) is 0.791. The molecule has 1 heterocycles. The molecule has 1 aliphatic heterocycles. The first-order chi connectivity index (χ1) is 9.58. The minimum atomic E-state index is -0.734. The van der Waals surface area contributed by atoms with Crippen LogP contribution in [0.3, 0.4) is 0 Å². The molecule has 3 rings (SSSR count). The molecule has 0 unspecified atom stereocenters. The van der Waals surface area contributed by atoms with Crippen molar-refractivity contribution in [3.8, 4) is 0 Å². The molecule has 0 bridgehead atoms. The number of rotatable bonds is 2. The van der Waals surface area contributed by atoms with Crippen LogP contribution in [0, 0.1) is 0 Å². The maximum Gasteiger partial charge on any atom is 0.240 e. The van der Waals surface area contributed by atoms with E-state index < -0.39 is 5.41 Å². The fourth-order valence-electron chi connectivity index (χ4n) is 3.28. The van der Waals surface area contributed by atoms with Gasteiger partial charge in [-0.15, -0.1) is 0 Å². The Hall–Kier alpha value is -2.17. The fraction of sp³-hybridized carbons (Fsp3) is 0.400. The summed E-state index contributed by atoms with van der Waals surface area (Å²) in [5, 5.41) is 2.45. The number of hydrogen-bond donors (Lipinski definition) is 1. The van der Waals surface area contributed by atoms with Gasteiger partial charge in [0, 0.05) is 13.5 Å². The van der Waals surface area contributed by atoms with Crippen molar-refractivity contribution in [3.05, 3.63) is 35.4 Å². The molecule has 1 saturated heterocycles. The van der Waals surface area contributed by atoms with E-state index in [1.165, 1.54) is 7.05 Å². The number of amides is 3. The summed E-state index contributed by atoms with van der Waals surface area (Å²) in [4.78, 5) is 37.4. The molecule has 1 N–H and O–H groups in total. The van der Waals surface area contributed by atoms with Gasteiger partial charge in [-0.3, -0.25) is 19.3 Å². The standard InChI is InChI=1S/C15H16N2O3/c1-16-12(18)9-17-13(19)8-15(14(17)20)7-6-10-4-2-3-5-11(10)15/h2-5H,6-9H2,1H3,(H,16,18)/t15-/m0/s1. The molecule has 1 spiro atoms. The van der Waals surface area contributed by atoms with E-state index in [0.717, 1.165) is 22.4 Å². The average Bonchev–Trinajstić information content (AvgIpc) is 2.94. The maximum absolute atomic E-state index is 12.7. The molecule has 1 aromatic rings. The molecule has 2 aliphatic rings. The SMILES string of the molecule is CNC(=O)CN1C(=O)C[C@]2(CCc3ccccc32)C1=O. The van der Waals surface area contributed by atoms with E-state index in [-0.39, 0.29) is 30.7 Å². The summed E-state index contributed by atoms with van der Waals surface area (Å²) in [7, 11) is 1.49. The third-order valence-electron chi connectivity index (χ3n) is 4.34. The number of carbonyl (C=O) groups excluding carboxylic acids is 3. The van der Waals surface area contributed by atoms with Gasteiger partial charge in [0.2, 0.25) is 17.7 Å². The van der Waals surface area contributed by atoms with Gasteiger partial charge in [-0.05, 0) is 24.0 Å². The van der Waals surface area contributed by atoms with Crippen LogP contribution in [0.2, 0.25) is 0 Å². The predicted octanol–water partition coefficient (Wildman–Crippen LogP) is 0.375. The first-order valence-electron chi connectivity index (χ1n) is 6.72. The molecule has 5 nitrogen and oxygen atoms in total. The largest absolute Gasteiger partial charge is 0.358 e. The Bertz CT molecular complexity index is 611. The van der Waals surface area contributed by atoms with Crippen molar-refractivity contribution in [3.63, 3.8) is 0 Å². The Morgan fingerprint density at radius 2 is 2.10 bits per heavy atom. The molecule has 1 fully saturated rings. The Morgan fingerprint density at radius 1 is 1.35 bits per heavy atom. The molecule has 0 saturated carbocycles. The highest BCUT2D eigenvalue weighted by atomic mass is 16.2. The summed E-state index contributed by atoms with van der Waals surface area (Å²) in [5.74, 6) is -0.804. The van der Waals surface area contributed by atoms with Crippen LogP contribution in [0.1, 0.15) is 24.0 Å². The fourth-order valence-corrected chi connectivity index (χ4v) is 3.28. The van der Waals surface area contributed by atoms with Gasteiger partial charge < -0.3 is 5.32 Å². The van der Waals surface area contributed by atoms with E-state index in [1.54, 1.807) is 0 Å². The Labute approximate surface area is 116 Å². The molecule has 1 aliphatic carbocycles. The second-order valence-electron chi connectivity index (χ2n) is 5.37. The molecule has 104 valence electrons. The second-order valence-corrected chi connectivity index (χ2v) is 5.37. The van der Waals surface area contributed by atoms with Gasteiger partial charge in [-0.25, -0.2) is 0 Å². The summed E-state index contributed by atoms with van der Waals surface area (Å²) < 4.78 is 0. The lowest BCUT2D eigenvalue weighted by atomic mass is 9.80. The topological polar surface area (TPSA) is 66.5 Å². The van der Waals surface area contributed by atoms with Crippen LogP contribution < -0.4 is 5.32 Å². The van der Waals surface area contributed by atoms with E-state index in [0.29, 0.717) is 6.42 Å². The van der Waals surface area contributed by atoms with Crippen LogP contribution in [0.15, 0.2) is 24.3 Å². The molecule has 3 amide bonds. The zero-order valence-electron chi connectivity index (χ0n) is 11.3. The van der Waals surface area contributed by atoms with Crippen molar-refractivity contribution in [1.29, 1.82) is 0 Å². The molecule has 5 heteroatoms. The lowest BCUT2D eigenvalue weighted by Crippen LogP contribution is -2.42. The lowest BCUT2D eigenvalue weighted by Gasteiger charge is -2.22. The molecular formula is C15H16N2O3. The number of likely N-dealkylation sites (tertiary alicyclic amines) is 1. The van der Waals surface area contributed by atoms with E-state index in [4.69, 9.17) is 0 Å². The number of likely N-dealkylation sites (N-methyl/N-ethyl adjacent to an activating group) is 1. The van der Waals surface area contributed by atoms with Gasteiger partial charge in [-0.1, -0.05) is 24.3 Å². The number of fused-ring (bicyclic) bond motifs is 2. The molecule has 20 heavy (non-hydrogen) atoms. The molecule has 1 atom stereocenters. The van der Waals surface area contributed by atoms with Gasteiger partial charge in [0.1, 0.15) is 6.54 Å². The zero-order valence-corrected chi connectivity index (χ0v) is 11.3. The average molecular weight is 272 g/mol. The normalized spacial score (nSPS) is 24.4. The highest BCUT2D eigenvalue weighted by Crippen LogP contribution is 2.46. The van der Waals surface area contributed by atoms with Gasteiger partial charge in [-0.2, -0.15) is 0 Å². The lowest BCUT2D eigenvalue weighted by molar-refractivity contribution is -0.143. The third-order valence-corrected chi connectivity index (χ3v) is 4.34. The van der Waals surface area contributed by atoms with Gasteiger partial charge in [0.25, 0.3) is 0 Å². The van der Waals surface area contributed by atoms with Crippen molar-refractivity contribution in [2.24, 2.45) is 0 Å². The highest BCUT2D eigenvalue weighted by molar-refractivity contribution is 6.11. The number of aryl methyl sites for hydroxylation is 1. The zero-order chi connectivity index (χ0) is 14.3. The minimum absolute atomic E-state index is 0.180. The molecule has 0 aromatic heterocycles. The monoisotopic (exact) mass is 272 g/mol. The van der Waals surface area contributed by atoms with Gasteiger partial charge >= 0.3 is 0 Å². The molecule has 0 radical (unpaired) electrons. The van der Waals surface area contributed by atoms with E-state index >= 15 is 0 Å². The van der Waals surface area contributed by atoms with Crippen molar-refractivity contribution in [2.75, 3.05) is 13.6 Å². The van der Waals surface area contributed by atoms with Crippen LogP contribution in [-0.2, 0) is 26.2 Å². The van der Waals surface area contributed by atoms with Crippen LogP contribution in [0.25, 0.3) is 0 Å². The predicted molar refractivity (Wildman–Crippen MR) is 71.8 cm³/mol. The second kappa shape index (κ2) is 4.44. The van der Waals surface area contributed by atoms with Crippen LogP contribution in [0.5, 0.6) is 0 Å². The van der Waals surface area contributed by atoms with Crippen molar-refractivity contribution in [1.82, 2.24) is 10.2 Å². The Balaban J connectivity index is 1.96. The summed E-state index contributed by atoms with van der Waals surface area (Å²) in [6, 6.07) is 7.77. The first-order valence-corrected chi connectivity index (χ1v) is 6.72. The number of nitrogens with one attached hydrogen (secondary N) is 1. The van der Waals surface area contributed by atoms with Crippen molar-refractivity contribution < 1.29 is 14.4 Å². The highest BCUT2D eigenvalue weighted by Gasteiger charge is 2.55. The van der Waals surface area contributed by atoms with Gasteiger partial charge in [0.05, 0.1) is 5.41 Å². The van der Waals surface area contributed by atoms with Crippen LogP contribution in [-0.4, -0.2) is 36.2 Å². The first kappa shape index (κ1) is 12.8. The Morgan fingerprint density at radius 3 is 2.85 bits per heavy atom. The van der Waals surface area contributed by atoms with E-state index in [2.05, 4.69) is 5.32 Å². The minimum Gasteiger partial charge on any atom is -0.358 e. The molecule has 1 aromatic carbocycles. The summed E-state index contributed by atoms with van der Waals surface area (Å²) in [5.41, 5.74) is 1.36. The summed E-state index contributed by atoms with van der Waals surface area (Å²) >= 11 is 0. The smallest absolute Gasteiger partial charge is 0.240 e. The van der Waals surface area contributed by atoms with E-state index in [1.807, 2.05) is 24.3 Å². The van der Waals surface area contributed by atoms with Crippen molar-refractivity contribution in [2.45, 2.75) is 24.7 Å². The maximum atomic E-state index is 12.7. The van der Waals surface area contributed by atoms with Crippen LogP contribution in [0.4, 0.5) is 0 Å². The number of imide groups is 1. The number of hydrogen-bond acceptors (Lipinski definition) is 3. The number of nitrogens with zero attached hydrogens (tertiary/aromatic N) is 1. The van der Waals surface area contributed by atoms with E-state index in [9.17, 15) is 14.4 Å². The van der Waals surface area contributed by atoms with Gasteiger partial charge in [0.15, 0.2) is 0 Å². The molecular weight excluding hydrogens is 256 g/mol. The number of benzene rings is 1. The Kier molecular flexibility index (Phi) is 2.85.